The van der Waals surface area contributed by atoms with Gasteiger partial charge >= 0.3 is 0 Å². The summed E-state index contributed by atoms with van der Waals surface area (Å²) in [5.41, 5.74) is 2.26. The summed E-state index contributed by atoms with van der Waals surface area (Å²) in [4.78, 5) is 6.76. The van der Waals surface area contributed by atoms with Gasteiger partial charge in [0.15, 0.2) is 5.79 Å². The van der Waals surface area contributed by atoms with Crippen LogP contribution in [0, 0.1) is 0 Å². The molecular weight excluding hydrogens is 304 g/mol. The Kier molecular flexibility index (Phi) is 4.36. The molecule has 0 aliphatic carbocycles. The Morgan fingerprint density at radius 2 is 1.75 bits per heavy atom. The molecule has 5 nitrogen and oxygen atoms in total. The fourth-order valence-electron chi connectivity index (χ4n) is 3.27. The third kappa shape index (κ3) is 3.37. The van der Waals surface area contributed by atoms with E-state index in [0.29, 0.717) is 12.5 Å². The van der Waals surface area contributed by atoms with Crippen molar-refractivity contribution in [1.82, 2.24) is 4.98 Å². The number of nitrogens with zero attached hydrogens (tertiary/aromatic N) is 2. The minimum Gasteiger partial charge on any atom is -0.473 e. The highest BCUT2D eigenvalue weighted by Gasteiger charge is 2.39. The van der Waals surface area contributed by atoms with Gasteiger partial charge in [-0.3, -0.25) is 0 Å². The molecule has 24 heavy (non-hydrogen) atoms. The smallest absolute Gasteiger partial charge is 0.213 e. The van der Waals surface area contributed by atoms with Gasteiger partial charge in [0.1, 0.15) is 6.61 Å². The molecule has 126 valence electrons. The molecule has 1 spiro atoms. The summed E-state index contributed by atoms with van der Waals surface area (Å²) in [6.07, 6.45) is 3.69. The number of hydrogen-bond acceptors (Lipinski definition) is 5. The van der Waals surface area contributed by atoms with Crippen molar-refractivity contribution < 1.29 is 14.2 Å². The van der Waals surface area contributed by atoms with Crippen LogP contribution in [0.4, 0.5) is 5.69 Å². The monoisotopic (exact) mass is 326 g/mol. The molecule has 0 bridgehead atoms. The van der Waals surface area contributed by atoms with Gasteiger partial charge in [-0.25, -0.2) is 4.98 Å². The van der Waals surface area contributed by atoms with Crippen molar-refractivity contribution in [2.45, 2.75) is 25.2 Å². The number of aromatic nitrogens is 1. The minimum atomic E-state index is -0.331. The largest absolute Gasteiger partial charge is 0.473 e. The van der Waals surface area contributed by atoms with E-state index in [2.05, 4.69) is 16.0 Å². The van der Waals surface area contributed by atoms with Crippen LogP contribution in [-0.2, 0) is 16.1 Å². The third-order valence-electron chi connectivity index (χ3n) is 4.65. The molecule has 0 saturated carbocycles. The van der Waals surface area contributed by atoms with Crippen LogP contribution in [0.3, 0.4) is 0 Å². The lowest BCUT2D eigenvalue weighted by Crippen LogP contribution is -2.45. The van der Waals surface area contributed by atoms with E-state index in [0.717, 1.165) is 50.4 Å². The molecule has 0 amide bonds. The van der Waals surface area contributed by atoms with Crippen LogP contribution in [0.5, 0.6) is 5.88 Å². The summed E-state index contributed by atoms with van der Waals surface area (Å²) in [6.45, 7) is 3.82. The molecule has 2 aliphatic rings. The lowest BCUT2D eigenvalue weighted by molar-refractivity contribution is -0.169. The van der Waals surface area contributed by atoms with Gasteiger partial charge in [-0.1, -0.05) is 30.3 Å². The predicted molar refractivity (Wildman–Crippen MR) is 91.1 cm³/mol. The zero-order valence-electron chi connectivity index (χ0n) is 13.7. The second-order valence-corrected chi connectivity index (χ2v) is 6.22. The zero-order valence-corrected chi connectivity index (χ0v) is 13.7. The lowest BCUT2D eigenvalue weighted by Gasteiger charge is -2.38. The molecule has 1 aromatic heterocycles. The summed E-state index contributed by atoms with van der Waals surface area (Å²) in [6, 6.07) is 14.1. The van der Waals surface area contributed by atoms with E-state index < -0.39 is 0 Å². The fourth-order valence-corrected chi connectivity index (χ4v) is 3.27. The van der Waals surface area contributed by atoms with E-state index in [-0.39, 0.29) is 5.79 Å². The summed E-state index contributed by atoms with van der Waals surface area (Å²) in [5.74, 6) is 0.321. The molecule has 3 heterocycles. The Morgan fingerprint density at radius 3 is 2.42 bits per heavy atom. The van der Waals surface area contributed by atoms with Crippen LogP contribution < -0.4 is 9.64 Å². The molecule has 2 aliphatic heterocycles. The summed E-state index contributed by atoms with van der Waals surface area (Å²) < 4.78 is 17.3. The van der Waals surface area contributed by atoms with Crippen LogP contribution in [-0.4, -0.2) is 37.1 Å². The van der Waals surface area contributed by atoms with Gasteiger partial charge in [-0.15, -0.1) is 0 Å². The number of piperidine rings is 1. The maximum Gasteiger partial charge on any atom is 0.213 e. The normalized spacial score (nSPS) is 19.6. The molecule has 4 rings (SSSR count). The van der Waals surface area contributed by atoms with Gasteiger partial charge in [0, 0.05) is 32.0 Å². The van der Waals surface area contributed by atoms with E-state index in [9.17, 15) is 0 Å². The van der Waals surface area contributed by atoms with Crippen molar-refractivity contribution in [3.63, 3.8) is 0 Å². The first kappa shape index (κ1) is 15.4. The molecule has 0 N–H and O–H groups in total. The van der Waals surface area contributed by atoms with E-state index in [4.69, 9.17) is 14.2 Å². The van der Waals surface area contributed by atoms with E-state index in [1.165, 1.54) is 0 Å². The second-order valence-electron chi connectivity index (χ2n) is 6.22. The number of ether oxygens (including phenoxy) is 3. The van der Waals surface area contributed by atoms with Gasteiger partial charge in [0.25, 0.3) is 0 Å². The summed E-state index contributed by atoms with van der Waals surface area (Å²) >= 11 is 0. The summed E-state index contributed by atoms with van der Waals surface area (Å²) in [5, 5.41) is 0. The number of anilines is 1. The second kappa shape index (κ2) is 6.79. The highest BCUT2D eigenvalue weighted by molar-refractivity contribution is 5.46. The SMILES string of the molecule is c1ccc(COc2ccc(N3CCC4(CC3)OCCO4)cn2)cc1. The number of hydrogen-bond donors (Lipinski definition) is 0. The van der Waals surface area contributed by atoms with Gasteiger partial charge in [-0.2, -0.15) is 0 Å². The topological polar surface area (TPSA) is 43.8 Å². The Balaban J connectivity index is 1.32. The fraction of sp³-hybridized carbons (Fsp3) is 0.421. The van der Waals surface area contributed by atoms with Crippen molar-refractivity contribution in [2.24, 2.45) is 0 Å². The molecule has 5 heteroatoms. The first-order valence-electron chi connectivity index (χ1n) is 8.49. The molecule has 2 saturated heterocycles. The first-order valence-corrected chi connectivity index (χ1v) is 8.49. The predicted octanol–water partition coefficient (Wildman–Crippen LogP) is 3.00. The summed E-state index contributed by atoms with van der Waals surface area (Å²) in [7, 11) is 0. The zero-order chi connectivity index (χ0) is 16.2. The maximum absolute atomic E-state index is 5.77. The molecule has 0 radical (unpaired) electrons. The van der Waals surface area contributed by atoms with E-state index in [1.54, 1.807) is 0 Å². The van der Waals surface area contributed by atoms with Crippen LogP contribution in [0.15, 0.2) is 48.7 Å². The van der Waals surface area contributed by atoms with Crippen LogP contribution in [0.1, 0.15) is 18.4 Å². The lowest BCUT2D eigenvalue weighted by atomic mass is 10.0. The Labute approximate surface area is 142 Å². The molecule has 2 fully saturated rings. The molecule has 0 unspecified atom stereocenters. The highest BCUT2D eigenvalue weighted by atomic mass is 16.7. The molecular formula is C19H22N2O3. The van der Waals surface area contributed by atoms with Crippen molar-refractivity contribution in [3.05, 3.63) is 54.2 Å². The highest BCUT2D eigenvalue weighted by Crippen LogP contribution is 2.33. The molecule has 2 aromatic rings. The quantitative estimate of drug-likeness (QED) is 0.864. The van der Waals surface area contributed by atoms with Crippen molar-refractivity contribution in [3.8, 4) is 5.88 Å². The Hall–Kier alpha value is -2.11. The number of benzene rings is 1. The molecule has 1 aromatic carbocycles. The maximum atomic E-state index is 5.77. The standard InChI is InChI=1S/C19H22N2O3/c1-2-4-16(5-3-1)15-22-18-7-6-17(14-20-18)21-10-8-19(9-11-21)23-12-13-24-19/h1-7,14H,8-13,15H2. The third-order valence-corrected chi connectivity index (χ3v) is 4.65. The van der Waals surface area contributed by atoms with E-state index in [1.807, 2.05) is 42.6 Å². The number of rotatable bonds is 4. The van der Waals surface area contributed by atoms with Gasteiger partial charge in [-0.05, 0) is 11.6 Å². The van der Waals surface area contributed by atoms with Crippen LogP contribution in [0.25, 0.3) is 0 Å². The van der Waals surface area contributed by atoms with Crippen molar-refractivity contribution in [2.75, 3.05) is 31.2 Å². The Bertz CT molecular complexity index is 644. The van der Waals surface area contributed by atoms with Gasteiger partial charge < -0.3 is 19.1 Å². The average molecular weight is 326 g/mol. The van der Waals surface area contributed by atoms with Crippen LogP contribution >= 0.6 is 0 Å². The van der Waals surface area contributed by atoms with Crippen molar-refractivity contribution >= 4 is 5.69 Å². The molecule has 0 atom stereocenters. The van der Waals surface area contributed by atoms with Crippen molar-refractivity contribution in [1.29, 1.82) is 0 Å². The number of pyridine rings is 1. The minimum absolute atomic E-state index is 0.331. The van der Waals surface area contributed by atoms with E-state index >= 15 is 0 Å². The van der Waals surface area contributed by atoms with Gasteiger partial charge in [0.05, 0.1) is 25.1 Å². The Morgan fingerprint density at radius 1 is 1.00 bits per heavy atom. The van der Waals surface area contributed by atoms with Crippen LogP contribution in [0.2, 0.25) is 0 Å². The van der Waals surface area contributed by atoms with Gasteiger partial charge in [0.2, 0.25) is 5.88 Å². The first-order chi connectivity index (χ1) is 11.8. The average Bonchev–Trinajstić information content (AvgIpc) is 3.10.